The maximum atomic E-state index is 13.5. The van der Waals surface area contributed by atoms with E-state index in [9.17, 15) is 8.78 Å². The first-order valence-corrected chi connectivity index (χ1v) is 6.81. The normalized spacial score (nSPS) is 10.7. The van der Waals surface area contributed by atoms with Crippen LogP contribution in [0.3, 0.4) is 0 Å². The zero-order chi connectivity index (χ0) is 13.4. The predicted molar refractivity (Wildman–Crippen MR) is 74.9 cm³/mol. The topological polar surface area (TPSA) is 28.7 Å². The summed E-state index contributed by atoms with van der Waals surface area (Å²) < 4.78 is 27.5. The quantitative estimate of drug-likeness (QED) is 0.548. The van der Waals surface area contributed by atoms with E-state index in [0.29, 0.717) is 20.5 Å². The molecule has 18 heavy (non-hydrogen) atoms. The van der Waals surface area contributed by atoms with Gasteiger partial charge < -0.3 is 4.98 Å². The maximum absolute atomic E-state index is 13.5. The summed E-state index contributed by atoms with van der Waals surface area (Å²) in [5, 5.41) is 0. The molecule has 1 aromatic heterocycles. The zero-order valence-corrected chi connectivity index (χ0v) is 13.0. The van der Waals surface area contributed by atoms with Crippen LogP contribution in [0.2, 0.25) is 0 Å². The Balaban J connectivity index is 2.70. The molecule has 0 spiro atoms. The average Bonchev–Trinajstić information content (AvgIpc) is 2.33. The smallest absolute Gasteiger partial charge is 0.173 e. The highest BCUT2D eigenvalue weighted by atomic mass is 79.9. The number of rotatable bonds is 1. The Kier molecular flexibility index (Phi) is 3.93. The van der Waals surface area contributed by atoms with Crippen LogP contribution >= 0.6 is 44.1 Å². The predicted octanol–water partition coefficient (Wildman–Crippen LogP) is 4.92. The number of hydrogen-bond acceptors (Lipinski definition) is 2. The molecule has 1 heterocycles. The Morgan fingerprint density at radius 2 is 1.89 bits per heavy atom. The molecule has 2 nitrogen and oxygen atoms in total. The number of aromatic nitrogens is 2. The first-order valence-electron chi connectivity index (χ1n) is 4.82. The minimum atomic E-state index is -0.950. The van der Waals surface area contributed by atoms with Crippen molar-refractivity contribution in [3.63, 3.8) is 0 Å². The molecule has 0 aliphatic heterocycles. The number of nitrogens with zero attached hydrogens (tertiary/aromatic N) is 1. The van der Waals surface area contributed by atoms with Gasteiger partial charge in [-0.3, -0.25) is 0 Å². The largest absolute Gasteiger partial charge is 0.342 e. The summed E-state index contributed by atoms with van der Waals surface area (Å²) >= 11 is 11.4. The number of aromatic amines is 1. The minimum absolute atomic E-state index is 0.0161. The van der Waals surface area contributed by atoms with Gasteiger partial charge in [-0.25, -0.2) is 13.8 Å². The highest BCUT2D eigenvalue weighted by Crippen LogP contribution is 2.30. The number of aryl methyl sites for hydroxylation is 1. The minimum Gasteiger partial charge on any atom is -0.342 e. The molecule has 7 heteroatoms. The van der Waals surface area contributed by atoms with Crippen LogP contribution < -0.4 is 0 Å². The van der Waals surface area contributed by atoms with Crippen molar-refractivity contribution in [2.45, 2.75) is 6.92 Å². The third-order valence-electron chi connectivity index (χ3n) is 2.33. The molecule has 0 saturated carbocycles. The van der Waals surface area contributed by atoms with Gasteiger partial charge in [0.05, 0.1) is 8.95 Å². The fourth-order valence-electron chi connectivity index (χ4n) is 1.41. The summed E-state index contributed by atoms with van der Waals surface area (Å²) in [6.07, 6.45) is 0. The lowest BCUT2D eigenvalue weighted by Gasteiger charge is -2.08. The van der Waals surface area contributed by atoms with Crippen molar-refractivity contribution in [1.29, 1.82) is 0 Å². The van der Waals surface area contributed by atoms with Gasteiger partial charge in [0.2, 0.25) is 0 Å². The Morgan fingerprint density at radius 3 is 2.50 bits per heavy atom. The monoisotopic (exact) mass is 394 g/mol. The van der Waals surface area contributed by atoms with Crippen molar-refractivity contribution in [2.24, 2.45) is 0 Å². The molecule has 0 amide bonds. The highest BCUT2D eigenvalue weighted by Gasteiger charge is 2.14. The van der Waals surface area contributed by atoms with Gasteiger partial charge in [0.25, 0.3) is 0 Å². The molecule has 2 aromatic rings. The summed E-state index contributed by atoms with van der Waals surface area (Å²) in [6, 6.07) is 2.48. The van der Waals surface area contributed by atoms with Crippen molar-refractivity contribution in [3.8, 4) is 11.4 Å². The molecule has 0 radical (unpaired) electrons. The van der Waals surface area contributed by atoms with Gasteiger partial charge in [0.15, 0.2) is 11.6 Å². The van der Waals surface area contributed by atoms with Gasteiger partial charge >= 0.3 is 0 Å². The van der Waals surface area contributed by atoms with Gasteiger partial charge in [0.1, 0.15) is 10.5 Å². The first-order chi connectivity index (χ1) is 8.41. The van der Waals surface area contributed by atoms with E-state index in [1.807, 2.05) is 0 Å². The van der Waals surface area contributed by atoms with E-state index in [-0.39, 0.29) is 4.47 Å². The Labute approximate surface area is 124 Å². The molecule has 0 aliphatic rings. The second kappa shape index (κ2) is 5.14. The van der Waals surface area contributed by atoms with Crippen molar-refractivity contribution in [2.75, 3.05) is 0 Å². The molecule has 0 atom stereocenters. The molecule has 0 bridgehead atoms. The molecule has 1 N–H and O–H groups in total. The lowest BCUT2D eigenvalue weighted by molar-refractivity contribution is 0.504. The number of halogens is 4. The van der Waals surface area contributed by atoms with Crippen molar-refractivity contribution >= 4 is 44.1 Å². The second-order valence-electron chi connectivity index (χ2n) is 3.55. The van der Waals surface area contributed by atoms with Crippen molar-refractivity contribution < 1.29 is 8.78 Å². The van der Waals surface area contributed by atoms with Crippen LogP contribution in [-0.4, -0.2) is 9.97 Å². The van der Waals surface area contributed by atoms with E-state index in [4.69, 9.17) is 12.2 Å². The SMILES string of the molecule is Cc1[nH]c(-c2ccc(F)c(F)c2Br)nc(=S)c1Br. The summed E-state index contributed by atoms with van der Waals surface area (Å²) in [5.41, 5.74) is 1.18. The van der Waals surface area contributed by atoms with Crippen LogP contribution in [0.4, 0.5) is 8.78 Å². The summed E-state index contributed by atoms with van der Waals surface area (Å²) in [6.45, 7) is 1.80. The summed E-state index contributed by atoms with van der Waals surface area (Å²) in [4.78, 5) is 7.11. The van der Waals surface area contributed by atoms with E-state index in [1.54, 1.807) is 6.92 Å². The highest BCUT2D eigenvalue weighted by molar-refractivity contribution is 9.11. The van der Waals surface area contributed by atoms with Gasteiger partial charge in [-0.15, -0.1) is 0 Å². The number of H-pyrrole nitrogens is 1. The summed E-state index contributed by atoms with van der Waals surface area (Å²) in [7, 11) is 0. The molecule has 2 rings (SSSR count). The van der Waals surface area contributed by atoms with Gasteiger partial charge in [-0.1, -0.05) is 12.2 Å². The van der Waals surface area contributed by atoms with Crippen LogP contribution in [0.1, 0.15) is 5.69 Å². The third-order valence-corrected chi connectivity index (χ3v) is 4.63. The van der Waals surface area contributed by atoms with Gasteiger partial charge in [0, 0.05) is 11.3 Å². The molecular weight excluding hydrogens is 390 g/mol. The molecule has 0 fully saturated rings. The van der Waals surface area contributed by atoms with Crippen molar-refractivity contribution in [1.82, 2.24) is 9.97 Å². The molecular formula is C11H6Br2F2N2S. The van der Waals surface area contributed by atoms with E-state index in [1.165, 1.54) is 6.07 Å². The maximum Gasteiger partial charge on any atom is 0.173 e. The van der Waals surface area contributed by atoms with Crippen LogP contribution in [0.15, 0.2) is 21.1 Å². The van der Waals surface area contributed by atoms with Gasteiger partial charge in [-0.2, -0.15) is 0 Å². The lowest BCUT2D eigenvalue weighted by Crippen LogP contribution is -1.97. The lowest BCUT2D eigenvalue weighted by atomic mass is 10.2. The third kappa shape index (κ3) is 2.39. The Bertz CT molecular complexity index is 685. The van der Waals surface area contributed by atoms with Crippen LogP contribution in [-0.2, 0) is 0 Å². The first kappa shape index (κ1) is 13.8. The zero-order valence-electron chi connectivity index (χ0n) is 9.02. The summed E-state index contributed by atoms with van der Waals surface area (Å²) in [5.74, 6) is -1.49. The van der Waals surface area contributed by atoms with E-state index in [2.05, 4.69) is 41.8 Å². The Hall–Kier alpha value is -0.660. The Morgan fingerprint density at radius 1 is 1.22 bits per heavy atom. The fraction of sp³-hybridized carbons (Fsp3) is 0.0909. The number of hydrogen-bond donors (Lipinski definition) is 1. The second-order valence-corrected chi connectivity index (χ2v) is 5.53. The molecule has 0 aliphatic carbocycles. The standard InChI is InChI=1S/C11H6Br2F2N2S/c1-4-7(12)11(18)17-10(16-4)5-2-3-6(14)9(15)8(5)13/h2-3H,1H3,(H,16,17,18). The molecule has 0 unspecified atom stereocenters. The fourth-order valence-corrected chi connectivity index (χ4v) is 2.35. The van der Waals surface area contributed by atoms with Crippen molar-refractivity contribution in [3.05, 3.63) is 43.0 Å². The number of benzene rings is 1. The number of nitrogens with one attached hydrogen (secondary N) is 1. The van der Waals surface area contributed by atoms with Gasteiger partial charge in [-0.05, 0) is 50.9 Å². The molecule has 0 saturated heterocycles. The van der Waals surface area contributed by atoms with E-state index in [0.717, 1.165) is 11.8 Å². The average molecular weight is 396 g/mol. The molecule has 94 valence electrons. The molecule has 1 aromatic carbocycles. The van der Waals surface area contributed by atoms with Crippen LogP contribution in [0.5, 0.6) is 0 Å². The van der Waals surface area contributed by atoms with Crippen LogP contribution in [0.25, 0.3) is 11.4 Å². The van der Waals surface area contributed by atoms with E-state index >= 15 is 0 Å². The van der Waals surface area contributed by atoms with Crippen LogP contribution in [0, 0.1) is 23.2 Å². The van der Waals surface area contributed by atoms with E-state index < -0.39 is 11.6 Å².